The Kier molecular flexibility index (Phi) is 4.23. The van der Waals surface area contributed by atoms with Gasteiger partial charge in [-0.3, -0.25) is 4.98 Å². The van der Waals surface area contributed by atoms with Crippen LogP contribution in [0.2, 0.25) is 0 Å². The first kappa shape index (κ1) is 13.3. The van der Waals surface area contributed by atoms with Crippen molar-refractivity contribution < 1.29 is 0 Å². The summed E-state index contributed by atoms with van der Waals surface area (Å²) in [6, 6.07) is 4.85. The molecule has 1 aliphatic rings. The van der Waals surface area contributed by atoms with E-state index in [4.69, 9.17) is 0 Å². The highest BCUT2D eigenvalue weighted by atomic mass is 15.2. The zero-order valence-electron chi connectivity index (χ0n) is 12.0. The zero-order chi connectivity index (χ0) is 13.1. The van der Waals surface area contributed by atoms with Crippen molar-refractivity contribution >= 4 is 5.69 Å². The van der Waals surface area contributed by atoms with E-state index < -0.39 is 0 Å². The van der Waals surface area contributed by atoms with Gasteiger partial charge in [-0.2, -0.15) is 0 Å². The second-order valence-electron chi connectivity index (χ2n) is 5.90. The summed E-state index contributed by atoms with van der Waals surface area (Å²) in [5, 5.41) is 3.42. The molecule has 3 nitrogen and oxygen atoms in total. The van der Waals surface area contributed by atoms with Gasteiger partial charge in [-0.25, -0.2) is 0 Å². The molecule has 0 radical (unpaired) electrons. The topological polar surface area (TPSA) is 28.2 Å². The summed E-state index contributed by atoms with van der Waals surface area (Å²) >= 11 is 0. The first-order valence-corrected chi connectivity index (χ1v) is 6.99. The monoisotopic (exact) mass is 247 g/mol. The van der Waals surface area contributed by atoms with Crippen LogP contribution in [0.4, 0.5) is 5.69 Å². The molecule has 3 heteroatoms. The molecule has 2 unspecified atom stereocenters. The lowest BCUT2D eigenvalue weighted by atomic mass is 10.0. The van der Waals surface area contributed by atoms with E-state index in [0.29, 0.717) is 6.04 Å². The quantitative estimate of drug-likeness (QED) is 0.886. The van der Waals surface area contributed by atoms with Crippen LogP contribution < -0.4 is 10.2 Å². The maximum Gasteiger partial charge on any atom is 0.0562 e. The van der Waals surface area contributed by atoms with Crippen LogP contribution in [-0.4, -0.2) is 24.1 Å². The predicted molar refractivity (Wildman–Crippen MR) is 76.8 cm³/mol. The fourth-order valence-electron chi connectivity index (χ4n) is 2.41. The number of pyridine rings is 1. The number of nitrogens with one attached hydrogen (secondary N) is 1. The van der Waals surface area contributed by atoms with Crippen molar-refractivity contribution in [2.24, 2.45) is 11.8 Å². The highest BCUT2D eigenvalue weighted by Gasteiger charge is 2.26. The number of anilines is 1. The normalized spacial score (nSPS) is 23.9. The molecule has 0 saturated carbocycles. The SMILES string of the molecule is CC(C)NCc1cc(N2CC(C)C(C)C2)ccn1. The first-order valence-electron chi connectivity index (χ1n) is 6.99. The molecule has 0 spiro atoms. The lowest BCUT2D eigenvalue weighted by molar-refractivity contribution is 0.494. The van der Waals surface area contributed by atoms with E-state index in [-0.39, 0.29) is 0 Å². The Hall–Kier alpha value is -1.09. The minimum absolute atomic E-state index is 0.502. The minimum Gasteiger partial charge on any atom is -0.371 e. The molecule has 2 rings (SSSR count). The molecule has 1 aromatic heterocycles. The molecule has 1 N–H and O–H groups in total. The van der Waals surface area contributed by atoms with Gasteiger partial charge in [0.25, 0.3) is 0 Å². The van der Waals surface area contributed by atoms with Crippen LogP contribution in [0.1, 0.15) is 33.4 Å². The second kappa shape index (κ2) is 5.70. The number of hydrogen-bond acceptors (Lipinski definition) is 3. The van der Waals surface area contributed by atoms with Gasteiger partial charge < -0.3 is 10.2 Å². The van der Waals surface area contributed by atoms with E-state index in [1.54, 1.807) is 0 Å². The molecule has 1 saturated heterocycles. The van der Waals surface area contributed by atoms with E-state index >= 15 is 0 Å². The lowest BCUT2D eigenvalue weighted by Crippen LogP contribution is -2.23. The standard InChI is InChI=1S/C15H25N3/c1-11(2)17-8-14-7-15(5-6-16-14)18-9-12(3)13(4)10-18/h5-7,11-13,17H,8-10H2,1-4H3. The van der Waals surface area contributed by atoms with Crippen LogP contribution in [0.25, 0.3) is 0 Å². The highest BCUT2D eigenvalue weighted by molar-refractivity contribution is 5.47. The predicted octanol–water partition coefficient (Wildman–Crippen LogP) is 2.67. The Labute approximate surface area is 111 Å². The number of hydrogen-bond donors (Lipinski definition) is 1. The summed E-state index contributed by atoms with van der Waals surface area (Å²) < 4.78 is 0. The average molecular weight is 247 g/mol. The van der Waals surface area contributed by atoms with E-state index in [1.165, 1.54) is 18.8 Å². The highest BCUT2D eigenvalue weighted by Crippen LogP contribution is 2.27. The van der Waals surface area contributed by atoms with Crippen LogP contribution in [0, 0.1) is 11.8 Å². The molecule has 0 aromatic carbocycles. The van der Waals surface area contributed by atoms with Crippen molar-refractivity contribution in [1.29, 1.82) is 0 Å². The summed E-state index contributed by atoms with van der Waals surface area (Å²) in [5.41, 5.74) is 2.45. The Morgan fingerprint density at radius 2 is 2.00 bits per heavy atom. The summed E-state index contributed by atoms with van der Waals surface area (Å²) in [6.07, 6.45) is 1.93. The molecule has 1 aliphatic heterocycles. The molecule has 2 heterocycles. The zero-order valence-corrected chi connectivity index (χ0v) is 12.0. The lowest BCUT2D eigenvalue weighted by Gasteiger charge is -2.19. The number of rotatable bonds is 4. The smallest absolute Gasteiger partial charge is 0.0562 e. The van der Waals surface area contributed by atoms with Gasteiger partial charge in [-0.05, 0) is 24.0 Å². The molecule has 0 amide bonds. The largest absolute Gasteiger partial charge is 0.371 e. The van der Waals surface area contributed by atoms with Gasteiger partial charge in [0.1, 0.15) is 0 Å². The van der Waals surface area contributed by atoms with E-state index in [1.807, 2.05) is 6.20 Å². The number of nitrogens with zero attached hydrogens (tertiary/aromatic N) is 2. The van der Waals surface area contributed by atoms with Gasteiger partial charge in [0.15, 0.2) is 0 Å². The maximum absolute atomic E-state index is 4.43. The van der Waals surface area contributed by atoms with Crippen molar-refractivity contribution in [3.63, 3.8) is 0 Å². The Bertz CT molecular complexity index is 379. The molecule has 0 bridgehead atoms. The molecule has 18 heavy (non-hydrogen) atoms. The van der Waals surface area contributed by atoms with Crippen molar-refractivity contribution in [2.45, 2.75) is 40.3 Å². The Morgan fingerprint density at radius 1 is 1.33 bits per heavy atom. The third-order valence-corrected chi connectivity index (χ3v) is 3.84. The van der Waals surface area contributed by atoms with E-state index in [2.05, 4.69) is 55.0 Å². The Morgan fingerprint density at radius 3 is 2.61 bits per heavy atom. The van der Waals surface area contributed by atoms with Crippen LogP contribution in [-0.2, 0) is 6.54 Å². The van der Waals surface area contributed by atoms with Crippen LogP contribution >= 0.6 is 0 Å². The third-order valence-electron chi connectivity index (χ3n) is 3.84. The second-order valence-corrected chi connectivity index (χ2v) is 5.90. The van der Waals surface area contributed by atoms with E-state index in [0.717, 1.165) is 24.1 Å². The molecule has 0 aliphatic carbocycles. The summed E-state index contributed by atoms with van der Waals surface area (Å²) in [7, 11) is 0. The van der Waals surface area contributed by atoms with Gasteiger partial charge in [0.05, 0.1) is 5.69 Å². The van der Waals surface area contributed by atoms with Gasteiger partial charge >= 0.3 is 0 Å². The van der Waals surface area contributed by atoms with Crippen LogP contribution in [0.15, 0.2) is 18.3 Å². The Balaban J connectivity index is 2.03. The molecule has 1 fully saturated rings. The van der Waals surface area contributed by atoms with Crippen molar-refractivity contribution in [3.05, 3.63) is 24.0 Å². The summed E-state index contributed by atoms with van der Waals surface area (Å²) in [4.78, 5) is 6.91. The van der Waals surface area contributed by atoms with Gasteiger partial charge in [0, 0.05) is 37.6 Å². The van der Waals surface area contributed by atoms with E-state index in [9.17, 15) is 0 Å². The van der Waals surface area contributed by atoms with Gasteiger partial charge in [0.2, 0.25) is 0 Å². The molecule has 100 valence electrons. The summed E-state index contributed by atoms with van der Waals surface area (Å²) in [6.45, 7) is 12.2. The van der Waals surface area contributed by atoms with Crippen molar-refractivity contribution in [2.75, 3.05) is 18.0 Å². The van der Waals surface area contributed by atoms with Gasteiger partial charge in [-0.1, -0.05) is 27.7 Å². The molecule has 2 atom stereocenters. The van der Waals surface area contributed by atoms with Crippen molar-refractivity contribution in [3.8, 4) is 0 Å². The first-order chi connectivity index (χ1) is 8.56. The van der Waals surface area contributed by atoms with Crippen LogP contribution in [0.3, 0.4) is 0 Å². The van der Waals surface area contributed by atoms with Crippen LogP contribution in [0.5, 0.6) is 0 Å². The molecule has 1 aromatic rings. The average Bonchev–Trinajstić information content (AvgIpc) is 2.68. The van der Waals surface area contributed by atoms with Gasteiger partial charge in [-0.15, -0.1) is 0 Å². The fraction of sp³-hybridized carbons (Fsp3) is 0.667. The van der Waals surface area contributed by atoms with Crippen molar-refractivity contribution in [1.82, 2.24) is 10.3 Å². The fourth-order valence-corrected chi connectivity index (χ4v) is 2.41. The third kappa shape index (κ3) is 3.22. The molecular weight excluding hydrogens is 222 g/mol. The number of aromatic nitrogens is 1. The molecular formula is C15H25N3. The summed E-state index contributed by atoms with van der Waals surface area (Å²) in [5.74, 6) is 1.57. The maximum atomic E-state index is 4.43. The minimum atomic E-state index is 0.502.